The largest absolute Gasteiger partial charge is 0.383 e. The predicted octanol–water partition coefficient (Wildman–Crippen LogP) is 2.32. The third kappa shape index (κ3) is 2.01. The lowest BCUT2D eigenvalue weighted by atomic mass is 10.2. The van der Waals surface area contributed by atoms with Gasteiger partial charge < -0.3 is 16.0 Å². The molecule has 2 aromatic rings. The number of nitrogens with two attached hydrogens (primary N) is 1. The number of hydrogen-bond acceptors (Lipinski definition) is 5. The quantitative estimate of drug-likeness (QED) is 0.762. The summed E-state index contributed by atoms with van der Waals surface area (Å²) in [7, 11) is 0. The van der Waals surface area contributed by atoms with E-state index < -0.39 is 0 Å². The van der Waals surface area contributed by atoms with E-state index in [1.165, 1.54) is 11.5 Å². The summed E-state index contributed by atoms with van der Waals surface area (Å²) in [5, 5.41) is 4.42. The van der Waals surface area contributed by atoms with Crippen LogP contribution in [0.15, 0.2) is 12.4 Å². The van der Waals surface area contributed by atoms with Gasteiger partial charge in [-0.15, -0.1) is 0 Å². The molecule has 0 fully saturated rings. The van der Waals surface area contributed by atoms with Crippen molar-refractivity contribution in [3.63, 3.8) is 0 Å². The van der Waals surface area contributed by atoms with Gasteiger partial charge in [0.1, 0.15) is 16.6 Å². The second kappa shape index (κ2) is 4.52. The van der Waals surface area contributed by atoms with Crippen LogP contribution in [0.3, 0.4) is 0 Å². The number of nitrogens with zero attached hydrogens (tertiary/aromatic N) is 2. The molecule has 0 aromatic carbocycles. The van der Waals surface area contributed by atoms with Gasteiger partial charge in [0.25, 0.3) is 0 Å². The number of nitrogens with one attached hydrogen (secondary N) is 2. The molecule has 0 spiro atoms. The van der Waals surface area contributed by atoms with E-state index in [-0.39, 0.29) is 6.04 Å². The van der Waals surface area contributed by atoms with Gasteiger partial charge in [0, 0.05) is 18.0 Å². The molecule has 5 nitrogen and oxygen atoms in total. The van der Waals surface area contributed by atoms with E-state index in [0.717, 1.165) is 22.8 Å². The third-order valence-electron chi connectivity index (χ3n) is 2.52. The second-order valence-electron chi connectivity index (χ2n) is 3.60. The van der Waals surface area contributed by atoms with Crippen molar-refractivity contribution < 1.29 is 0 Å². The van der Waals surface area contributed by atoms with E-state index in [2.05, 4.69) is 26.6 Å². The summed E-state index contributed by atoms with van der Waals surface area (Å²) >= 11 is 1.39. The van der Waals surface area contributed by atoms with Gasteiger partial charge in [0.2, 0.25) is 0 Å². The Labute approximate surface area is 98.3 Å². The van der Waals surface area contributed by atoms with Crippen molar-refractivity contribution in [2.45, 2.75) is 26.3 Å². The summed E-state index contributed by atoms with van der Waals surface area (Å²) < 4.78 is 4.11. The van der Waals surface area contributed by atoms with Crippen molar-refractivity contribution in [1.29, 1.82) is 0 Å². The number of anilines is 2. The van der Waals surface area contributed by atoms with Gasteiger partial charge >= 0.3 is 0 Å². The van der Waals surface area contributed by atoms with Crippen LogP contribution in [0.1, 0.15) is 30.8 Å². The Hall–Kier alpha value is -1.56. The van der Waals surface area contributed by atoms with Crippen LogP contribution in [-0.2, 0) is 0 Å². The molecular weight excluding hydrogens is 222 g/mol. The van der Waals surface area contributed by atoms with Crippen molar-refractivity contribution in [1.82, 2.24) is 14.3 Å². The number of H-pyrrole nitrogens is 1. The molecule has 0 saturated carbocycles. The van der Waals surface area contributed by atoms with Crippen LogP contribution in [0, 0.1) is 6.92 Å². The zero-order chi connectivity index (χ0) is 11.5. The molecule has 16 heavy (non-hydrogen) atoms. The number of nitrogen functional groups attached to an aromatic ring is 1. The van der Waals surface area contributed by atoms with Gasteiger partial charge in [-0.1, -0.05) is 6.92 Å². The zero-order valence-electron chi connectivity index (χ0n) is 9.32. The summed E-state index contributed by atoms with van der Waals surface area (Å²) in [6.45, 7) is 4.08. The lowest BCUT2D eigenvalue weighted by molar-refractivity contribution is 0.705. The summed E-state index contributed by atoms with van der Waals surface area (Å²) in [5.41, 5.74) is 6.72. The maximum Gasteiger partial charge on any atom is 0.142 e. The number of rotatable bonds is 4. The first-order valence-corrected chi connectivity index (χ1v) is 5.97. The average Bonchev–Trinajstić information content (AvgIpc) is 2.90. The van der Waals surface area contributed by atoms with E-state index in [0.29, 0.717) is 5.82 Å². The molecule has 0 saturated heterocycles. The van der Waals surface area contributed by atoms with Gasteiger partial charge in [-0.2, -0.15) is 4.37 Å². The zero-order valence-corrected chi connectivity index (χ0v) is 10.1. The molecule has 2 rings (SSSR count). The highest BCUT2D eigenvalue weighted by Gasteiger charge is 2.14. The van der Waals surface area contributed by atoms with Crippen LogP contribution < -0.4 is 11.1 Å². The highest BCUT2D eigenvalue weighted by atomic mass is 32.1. The van der Waals surface area contributed by atoms with Gasteiger partial charge in [-0.25, -0.2) is 4.98 Å². The van der Waals surface area contributed by atoms with Crippen molar-refractivity contribution in [3.05, 3.63) is 23.8 Å². The van der Waals surface area contributed by atoms with Crippen LogP contribution in [0.5, 0.6) is 0 Å². The number of imidazole rings is 1. The van der Waals surface area contributed by atoms with Crippen molar-refractivity contribution in [2.24, 2.45) is 0 Å². The van der Waals surface area contributed by atoms with Crippen LogP contribution in [0.25, 0.3) is 0 Å². The van der Waals surface area contributed by atoms with E-state index in [4.69, 9.17) is 5.73 Å². The summed E-state index contributed by atoms with van der Waals surface area (Å²) in [6.07, 6.45) is 4.53. The molecule has 2 heterocycles. The van der Waals surface area contributed by atoms with Crippen molar-refractivity contribution >= 4 is 22.4 Å². The van der Waals surface area contributed by atoms with Crippen molar-refractivity contribution in [2.75, 3.05) is 11.1 Å². The minimum Gasteiger partial charge on any atom is -0.383 e. The molecule has 0 amide bonds. The van der Waals surface area contributed by atoms with Crippen LogP contribution in [0.4, 0.5) is 10.8 Å². The van der Waals surface area contributed by atoms with Crippen LogP contribution in [0.2, 0.25) is 0 Å². The Morgan fingerprint density at radius 1 is 1.62 bits per heavy atom. The molecule has 0 aliphatic carbocycles. The first-order chi connectivity index (χ1) is 7.72. The Kier molecular flexibility index (Phi) is 3.09. The predicted molar refractivity (Wildman–Crippen MR) is 66.5 cm³/mol. The minimum atomic E-state index is 0.175. The Morgan fingerprint density at radius 2 is 2.44 bits per heavy atom. The number of aromatic amines is 1. The topological polar surface area (TPSA) is 79.6 Å². The third-order valence-corrected chi connectivity index (χ3v) is 3.42. The lowest BCUT2D eigenvalue weighted by Gasteiger charge is -2.14. The molecule has 86 valence electrons. The Morgan fingerprint density at radius 3 is 2.94 bits per heavy atom. The van der Waals surface area contributed by atoms with E-state index >= 15 is 0 Å². The molecule has 6 heteroatoms. The Balaban J connectivity index is 2.16. The SMILES string of the molecule is CCC(Nc1snc(N)c1C)c1ncc[nH]1. The fourth-order valence-corrected chi connectivity index (χ4v) is 2.24. The van der Waals surface area contributed by atoms with Gasteiger partial charge in [-0.05, 0) is 24.9 Å². The highest BCUT2D eigenvalue weighted by Crippen LogP contribution is 2.29. The van der Waals surface area contributed by atoms with Gasteiger partial charge in [0.05, 0.1) is 6.04 Å². The van der Waals surface area contributed by atoms with Gasteiger partial charge in [-0.3, -0.25) is 0 Å². The maximum absolute atomic E-state index is 5.71. The summed E-state index contributed by atoms with van der Waals surface area (Å²) in [4.78, 5) is 7.37. The smallest absolute Gasteiger partial charge is 0.142 e. The first kappa shape index (κ1) is 10.9. The van der Waals surface area contributed by atoms with E-state index in [1.807, 2.05) is 13.1 Å². The number of aromatic nitrogens is 3. The minimum absolute atomic E-state index is 0.175. The molecule has 0 aliphatic rings. The highest BCUT2D eigenvalue weighted by molar-refractivity contribution is 7.10. The monoisotopic (exact) mass is 237 g/mol. The first-order valence-electron chi connectivity index (χ1n) is 5.20. The second-order valence-corrected chi connectivity index (χ2v) is 4.37. The molecular formula is C10H15N5S. The lowest BCUT2D eigenvalue weighted by Crippen LogP contribution is -2.11. The molecule has 0 aliphatic heterocycles. The number of hydrogen-bond donors (Lipinski definition) is 3. The molecule has 2 aromatic heterocycles. The molecule has 1 atom stereocenters. The summed E-state index contributed by atoms with van der Waals surface area (Å²) in [6, 6.07) is 0.175. The summed E-state index contributed by atoms with van der Waals surface area (Å²) in [5.74, 6) is 1.54. The average molecular weight is 237 g/mol. The Bertz CT molecular complexity index is 448. The van der Waals surface area contributed by atoms with Crippen molar-refractivity contribution in [3.8, 4) is 0 Å². The van der Waals surface area contributed by atoms with Crippen LogP contribution in [-0.4, -0.2) is 14.3 Å². The fraction of sp³-hybridized carbons (Fsp3) is 0.400. The molecule has 4 N–H and O–H groups in total. The fourth-order valence-electron chi connectivity index (χ4n) is 1.47. The molecule has 0 bridgehead atoms. The molecule has 1 unspecified atom stereocenters. The normalized spacial score (nSPS) is 12.6. The standard InChI is InChI=1S/C10H15N5S/c1-3-7(9-12-4-5-13-9)14-10-6(2)8(11)15-16-10/h4-5,7,14H,3H2,1-2H3,(H2,11,15)(H,12,13). The molecule has 0 radical (unpaired) electrons. The van der Waals surface area contributed by atoms with Gasteiger partial charge in [0.15, 0.2) is 0 Å². The maximum atomic E-state index is 5.71. The van der Waals surface area contributed by atoms with E-state index in [1.54, 1.807) is 6.20 Å². The van der Waals surface area contributed by atoms with Crippen LogP contribution >= 0.6 is 11.5 Å². The van der Waals surface area contributed by atoms with E-state index in [9.17, 15) is 0 Å².